The summed E-state index contributed by atoms with van der Waals surface area (Å²) < 4.78 is 10.4. The van der Waals surface area contributed by atoms with Crippen molar-refractivity contribution in [1.82, 2.24) is 10.1 Å². The molecular weight excluding hydrogens is 220 g/mol. The summed E-state index contributed by atoms with van der Waals surface area (Å²) in [5.41, 5.74) is 0. The highest BCUT2D eigenvalue weighted by molar-refractivity contribution is 5.79. The van der Waals surface area contributed by atoms with E-state index >= 15 is 0 Å². The average Bonchev–Trinajstić information content (AvgIpc) is 2.91. The topological polar surface area (TPSA) is 65.2 Å². The van der Waals surface area contributed by atoms with Crippen LogP contribution in [0.2, 0.25) is 0 Å². The summed E-state index contributed by atoms with van der Waals surface area (Å²) in [6.45, 7) is 3.58. The molecule has 0 spiro atoms. The van der Waals surface area contributed by atoms with Crippen LogP contribution in [0.5, 0.6) is 0 Å². The number of ketones is 1. The van der Waals surface area contributed by atoms with E-state index in [9.17, 15) is 4.79 Å². The summed E-state index contributed by atoms with van der Waals surface area (Å²) in [7, 11) is 0. The first-order valence-electron chi connectivity index (χ1n) is 6.19. The van der Waals surface area contributed by atoms with Gasteiger partial charge in [-0.2, -0.15) is 4.98 Å². The molecule has 17 heavy (non-hydrogen) atoms. The van der Waals surface area contributed by atoms with Gasteiger partial charge >= 0.3 is 0 Å². The van der Waals surface area contributed by atoms with Gasteiger partial charge in [0, 0.05) is 26.1 Å². The monoisotopic (exact) mass is 238 g/mol. The highest BCUT2D eigenvalue weighted by Gasteiger charge is 2.19. The van der Waals surface area contributed by atoms with E-state index in [1.807, 2.05) is 6.92 Å². The lowest BCUT2D eigenvalue weighted by Gasteiger charge is -2.00. The average molecular weight is 238 g/mol. The van der Waals surface area contributed by atoms with E-state index in [1.54, 1.807) is 0 Å². The maximum atomic E-state index is 11.4. The molecule has 0 radical (unpaired) electrons. The van der Waals surface area contributed by atoms with Gasteiger partial charge in [0.05, 0.1) is 6.42 Å². The van der Waals surface area contributed by atoms with Gasteiger partial charge in [0.1, 0.15) is 5.78 Å². The standard InChI is InChI=1S/C12H18N2O3/c1-2-3-10(15)7-12-13-11(14-17-12)6-9-4-5-16-8-9/h9H,2-8H2,1H3. The van der Waals surface area contributed by atoms with Crippen molar-refractivity contribution in [2.45, 2.75) is 39.0 Å². The van der Waals surface area contributed by atoms with E-state index in [0.29, 0.717) is 24.1 Å². The molecule has 1 unspecified atom stereocenters. The number of aromatic nitrogens is 2. The number of Topliss-reactive ketones (excluding diaryl/α,β-unsaturated/α-hetero) is 1. The molecule has 5 nitrogen and oxygen atoms in total. The van der Waals surface area contributed by atoms with Crippen molar-refractivity contribution >= 4 is 5.78 Å². The Kier molecular flexibility index (Phi) is 4.25. The Hall–Kier alpha value is -1.23. The van der Waals surface area contributed by atoms with Crippen molar-refractivity contribution in [2.75, 3.05) is 13.2 Å². The Bertz CT molecular complexity index is 370. The smallest absolute Gasteiger partial charge is 0.234 e. The molecule has 0 aromatic carbocycles. The number of carbonyl (C=O) groups excluding carboxylic acids is 1. The minimum atomic E-state index is 0.159. The molecule has 1 fully saturated rings. The Morgan fingerprint density at radius 2 is 2.41 bits per heavy atom. The SMILES string of the molecule is CCCC(=O)Cc1nc(CC2CCOC2)no1. The van der Waals surface area contributed by atoms with E-state index in [-0.39, 0.29) is 12.2 Å². The van der Waals surface area contributed by atoms with Crippen LogP contribution in [-0.4, -0.2) is 29.1 Å². The molecular formula is C12H18N2O3. The van der Waals surface area contributed by atoms with Gasteiger partial charge in [-0.25, -0.2) is 0 Å². The van der Waals surface area contributed by atoms with Gasteiger partial charge in [-0.15, -0.1) is 0 Å². The third-order valence-corrected chi connectivity index (χ3v) is 2.88. The second-order valence-electron chi connectivity index (χ2n) is 4.50. The fourth-order valence-corrected chi connectivity index (χ4v) is 1.98. The Balaban J connectivity index is 1.84. The van der Waals surface area contributed by atoms with E-state index in [4.69, 9.17) is 9.26 Å². The third kappa shape index (κ3) is 3.63. The van der Waals surface area contributed by atoms with Crippen LogP contribution in [0.3, 0.4) is 0 Å². The molecule has 1 aromatic rings. The molecule has 0 amide bonds. The zero-order valence-electron chi connectivity index (χ0n) is 10.1. The van der Waals surface area contributed by atoms with Crippen LogP contribution in [0.1, 0.15) is 37.9 Å². The molecule has 1 aliphatic heterocycles. The van der Waals surface area contributed by atoms with Crippen LogP contribution in [0.15, 0.2) is 4.52 Å². The van der Waals surface area contributed by atoms with Gasteiger partial charge in [-0.3, -0.25) is 4.79 Å². The van der Waals surface area contributed by atoms with Crippen molar-refractivity contribution in [3.05, 3.63) is 11.7 Å². The predicted molar refractivity (Wildman–Crippen MR) is 60.5 cm³/mol. The normalized spacial score (nSPS) is 19.7. The number of hydrogen-bond donors (Lipinski definition) is 0. The third-order valence-electron chi connectivity index (χ3n) is 2.88. The summed E-state index contributed by atoms with van der Waals surface area (Å²) in [5, 5.41) is 3.90. The number of nitrogens with zero attached hydrogens (tertiary/aromatic N) is 2. The van der Waals surface area contributed by atoms with E-state index in [1.165, 1.54) is 0 Å². The molecule has 1 aromatic heterocycles. The highest BCUT2D eigenvalue weighted by atomic mass is 16.5. The van der Waals surface area contributed by atoms with Gasteiger partial charge in [-0.1, -0.05) is 12.1 Å². The lowest BCUT2D eigenvalue weighted by molar-refractivity contribution is -0.118. The summed E-state index contributed by atoms with van der Waals surface area (Å²) in [5.74, 6) is 1.79. The van der Waals surface area contributed by atoms with Gasteiger partial charge in [0.2, 0.25) is 5.89 Å². The van der Waals surface area contributed by atoms with E-state index in [0.717, 1.165) is 32.5 Å². The second-order valence-corrected chi connectivity index (χ2v) is 4.50. The van der Waals surface area contributed by atoms with Gasteiger partial charge in [-0.05, 0) is 18.8 Å². The van der Waals surface area contributed by atoms with Gasteiger partial charge < -0.3 is 9.26 Å². The molecule has 2 heterocycles. The van der Waals surface area contributed by atoms with Crippen molar-refractivity contribution in [1.29, 1.82) is 0 Å². The summed E-state index contributed by atoms with van der Waals surface area (Å²) in [6, 6.07) is 0. The summed E-state index contributed by atoms with van der Waals surface area (Å²) in [4.78, 5) is 15.7. The van der Waals surface area contributed by atoms with Crippen molar-refractivity contribution < 1.29 is 14.1 Å². The Labute approximate surface area is 101 Å². The zero-order valence-corrected chi connectivity index (χ0v) is 10.1. The predicted octanol–water partition coefficient (Wildman–Crippen LogP) is 1.56. The quantitative estimate of drug-likeness (QED) is 0.752. The lowest BCUT2D eigenvalue weighted by atomic mass is 10.1. The first-order chi connectivity index (χ1) is 8.28. The first-order valence-corrected chi connectivity index (χ1v) is 6.19. The van der Waals surface area contributed by atoms with Crippen LogP contribution in [0.4, 0.5) is 0 Å². The molecule has 94 valence electrons. The minimum Gasteiger partial charge on any atom is -0.381 e. The van der Waals surface area contributed by atoms with Crippen molar-refractivity contribution in [3.63, 3.8) is 0 Å². The number of hydrogen-bond acceptors (Lipinski definition) is 5. The largest absolute Gasteiger partial charge is 0.381 e. The maximum absolute atomic E-state index is 11.4. The number of carbonyl (C=O) groups is 1. The molecule has 2 rings (SSSR count). The van der Waals surface area contributed by atoms with Crippen LogP contribution in [0, 0.1) is 5.92 Å². The molecule has 1 saturated heterocycles. The van der Waals surface area contributed by atoms with Gasteiger partial charge in [0.25, 0.3) is 0 Å². The fraction of sp³-hybridized carbons (Fsp3) is 0.750. The van der Waals surface area contributed by atoms with Crippen LogP contribution < -0.4 is 0 Å². The van der Waals surface area contributed by atoms with Crippen LogP contribution >= 0.6 is 0 Å². The molecule has 5 heteroatoms. The van der Waals surface area contributed by atoms with Crippen LogP contribution in [-0.2, 0) is 22.4 Å². The number of ether oxygens (including phenoxy) is 1. The maximum Gasteiger partial charge on any atom is 0.234 e. The van der Waals surface area contributed by atoms with Gasteiger partial charge in [0.15, 0.2) is 5.82 Å². The first kappa shape index (κ1) is 12.2. The molecule has 0 N–H and O–H groups in total. The highest BCUT2D eigenvalue weighted by Crippen LogP contribution is 2.16. The van der Waals surface area contributed by atoms with E-state index in [2.05, 4.69) is 10.1 Å². The Morgan fingerprint density at radius 1 is 1.53 bits per heavy atom. The molecule has 0 aliphatic carbocycles. The number of rotatable bonds is 6. The summed E-state index contributed by atoms with van der Waals surface area (Å²) in [6.07, 6.45) is 3.54. The lowest BCUT2D eigenvalue weighted by Crippen LogP contribution is -2.06. The fourth-order valence-electron chi connectivity index (χ4n) is 1.98. The van der Waals surface area contributed by atoms with E-state index < -0.39 is 0 Å². The summed E-state index contributed by atoms with van der Waals surface area (Å²) >= 11 is 0. The molecule has 1 aliphatic rings. The molecule has 0 bridgehead atoms. The molecule has 0 saturated carbocycles. The van der Waals surface area contributed by atoms with Crippen LogP contribution in [0.25, 0.3) is 0 Å². The second kappa shape index (κ2) is 5.91. The zero-order chi connectivity index (χ0) is 12.1. The molecule has 1 atom stereocenters. The van der Waals surface area contributed by atoms with Crippen molar-refractivity contribution in [3.8, 4) is 0 Å². The van der Waals surface area contributed by atoms with Crippen molar-refractivity contribution in [2.24, 2.45) is 5.92 Å². The Morgan fingerprint density at radius 3 is 3.12 bits per heavy atom. The minimum absolute atomic E-state index is 0.159.